The summed E-state index contributed by atoms with van der Waals surface area (Å²) in [6.45, 7) is 1.99. The van der Waals surface area contributed by atoms with Crippen molar-refractivity contribution in [2.75, 3.05) is 11.1 Å². The second kappa shape index (κ2) is 4.92. The van der Waals surface area contributed by atoms with Crippen LogP contribution in [-0.4, -0.2) is 16.1 Å². The van der Waals surface area contributed by atoms with Crippen LogP contribution in [0.5, 0.6) is 0 Å². The first-order valence-electron chi connectivity index (χ1n) is 5.08. The highest BCUT2D eigenvalue weighted by Gasteiger charge is 2.07. The molecule has 0 aliphatic rings. The Hall–Kier alpha value is -1.95. The third-order valence-corrected chi connectivity index (χ3v) is 2.80. The molecule has 0 saturated heterocycles. The summed E-state index contributed by atoms with van der Waals surface area (Å²) in [5.74, 6) is -0.119. The number of nitrogen functional groups attached to an aromatic ring is 1. The van der Waals surface area contributed by atoms with E-state index in [4.69, 9.17) is 5.73 Å². The largest absolute Gasteiger partial charge is 0.374 e. The standard InChI is InChI=1S/C11H12N4OS/c1-7-3-2-4-8(5-7)6-9(16)13-11-15-14-10(12)17-11/h2-5H,6H2,1H3,(H2,12,14)(H,13,15,16). The number of anilines is 2. The first kappa shape index (κ1) is 11.5. The van der Waals surface area contributed by atoms with Crippen molar-refractivity contribution >= 4 is 27.5 Å². The summed E-state index contributed by atoms with van der Waals surface area (Å²) in [6.07, 6.45) is 0.321. The van der Waals surface area contributed by atoms with Gasteiger partial charge in [0.15, 0.2) is 0 Å². The van der Waals surface area contributed by atoms with Gasteiger partial charge in [-0.15, -0.1) is 10.2 Å². The molecule has 0 spiro atoms. The number of aromatic nitrogens is 2. The number of hydrogen-bond donors (Lipinski definition) is 2. The lowest BCUT2D eigenvalue weighted by atomic mass is 10.1. The van der Waals surface area contributed by atoms with Gasteiger partial charge in [0.25, 0.3) is 0 Å². The molecule has 0 bridgehead atoms. The first-order valence-corrected chi connectivity index (χ1v) is 5.89. The molecule has 1 aromatic carbocycles. The van der Waals surface area contributed by atoms with E-state index < -0.39 is 0 Å². The van der Waals surface area contributed by atoms with E-state index in [2.05, 4.69) is 15.5 Å². The molecule has 0 saturated carbocycles. The molecule has 2 aromatic rings. The van der Waals surface area contributed by atoms with E-state index in [1.54, 1.807) is 0 Å². The highest BCUT2D eigenvalue weighted by molar-refractivity contribution is 7.18. The molecule has 88 valence electrons. The maximum atomic E-state index is 11.7. The van der Waals surface area contributed by atoms with Crippen molar-refractivity contribution in [1.29, 1.82) is 0 Å². The average molecular weight is 248 g/mol. The lowest BCUT2D eigenvalue weighted by Gasteiger charge is -2.02. The molecule has 5 nitrogen and oxygen atoms in total. The molecule has 3 N–H and O–H groups in total. The van der Waals surface area contributed by atoms with Crippen molar-refractivity contribution in [2.45, 2.75) is 13.3 Å². The highest BCUT2D eigenvalue weighted by Crippen LogP contribution is 2.16. The second-order valence-electron chi connectivity index (χ2n) is 3.66. The van der Waals surface area contributed by atoms with Crippen LogP contribution in [-0.2, 0) is 11.2 Å². The minimum Gasteiger partial charge on any atom is -0.374 e. The zero-order valence-corrected chi connectivity index (χ0v) is 10.1. The van der Waals surface area contributed by atoms with E-state index in [-0.39, 0.29) is 5.91 Å². The van der Waals surface area contributed by atoms with Crippen molar-refractivity contribution < 1.29 is 4.79 Å². The lowest BCUT2D eigenvalue weighted by molar-refractivity contribution is -0.115. The number of nitrogens with two attached hydrogens (primary N) is 1. The summed E-state index contributed by atoms with van der Waals surface area (Å²) < 4.78 is 0. The van der Waals surface area contributed by atoms with Crippen LogP contribution in [0.25, 0.3) is 0 Å². The Morgan fingerprint density at radius 1 is 1.47 bits per heavy atom. The van der Waals surface area contributed by atoms with Gasteiger partial charge in [0.05, 0.1) is 6.42 Å². The van der Waals surface area contributed by atoms with Gasteiger partial charge in [-0.1, -0.05) is 41.2 Å². The number of aryl methyl sites for hydroxylation is 1. The minimum absolute atomic E-state index is 0.119. The Morgan fingerprint density at radius 2 is 2.29 bits per heavy atom. The van der Waals surface area contributed by atoms with Gasteiger partial charge in [-0.3, -0.25) is 4.79 Å². The van der Waals surface area contributed by atoms with Gasteiger partial charge >= 0.3 is 0 Å². The van der Waals surface area contributed by atoms with Crippen LogP contribution in [0, 0.1) is 6.92 Å². The number of benzene rings is 1. The van der Waals surface area contributed by atoms with Crippen LogP contribution in [0.15, 0.2) is 24.3 Å². The number of nitrogens with one attached hydrogen (secondary N) is 1. The van der Waals surface area contributed by atoms with Crippen LogP contribution < -0.4 is 11.1 Å². The van der Waals surface area contributed by atoms with E-state index in [1.807, 2.05) is 31.2 Å². The molecule has 17 heavy (non-hydrogen) atoms. The average Bonchev–Trinajstić information content (AvgIpc) is 2.63. The fraction of sp³-hybridized carbons (Fsp3) is 0.182. The smallest absolute Gasteiger partial charge is 0.230 e. The molecule has 0 atom stereocenters. The van der Waals surface area contributed by atoms with Crippen LogP contribution in [0.3, 0.4) is 0 Å². The fourth-order valence-corrected chi connectivity index (χ4v) is 1.98. The van der Waals surface area contributed by atoms with Crippen molar-refractivity contribution in [1.82, 2.24) is 10.2 Å². The predicted octanol–water partition coefficient (Wildman–Crippen LogP) is 1.61. The van der Waals surface area contributed by atoms with Crippen molar-refractivity contribution in [3.8, 4) is 0 Å². The van der Waals surface area contributed by atoms with Gasteiger partial charge < -0.3 is 11.1 Å². The molecule has 1 aromatic heterocycles. The fourth-order valence-electron chi connectivity index (χ4n) is 1.46. The SMILES string of the molecule is Cc1cccc(CC(=O)Nc2nnc(N)s2)c1. The van der Waals surface area contributed by atoms with Gasteiger partial charge in [0.2, 0.25) is 16.2 Å². The Bertz CT molecular complexity index is 538. The minimum atomic E-state index is -0.119. The van der Waals surface area contributed by atoms with Crippen molar-refractivity contribution in [2.24, 2.45) is 0 Å². The summed E-state index contributed by atoms with van der Waals surface area (Å²) in [5, 5.41) is 10.8. The quantitative estimate of drug-likeness (QED) is 0.864. The molecular weight excluding hydrogens is 236 g/mol. The number of carbonyl (C=O) groups is 1. The molecule has 0 fully saturated rings. The van der Waals surface area contributed by atoms with Crippen molar-refractivity contribution in [3.63, 3.8) is 0 Å². The number of nitrogens with zero attached hydrogens (tertiary/aromatic N) is 2. The Morgan fingerprint density at radius 3 is 2.94 bits per heavy atom. The third kappa shape index (κ3) is 3.25. The molecule has 0 aliphatic heterocycles. The van der Waals surface area contributed by atoms with Gasteiger partial charge in [-0.05, 0) is 12.5 Å². The van der Waals surface area contributed by atoms with Gasteiger partial charge in [-0.2, -0.15) is 0 Å². The summed E-state index contributed by atoms with van der Waals surface area (Å²) in [7, 11) is 0. The Balaban J connectivity index is 1.98. The lowest BCUT2D eigenvalue weighted by Crippen LogP contribution is -2.14. The highest BCUT2D eigenvalue weighted by atomic mass is 32.1. The Kier molecular flexibility index (Phi) is 3.34. The molecule has 0 unspecified atom stereocenters. The predicted molar refractivity (Wildman–Crippen MR) is 67.8 cm³/mol. The molecule has 6 heteroatoms. The number of rotatable bonds is 3. The van der Waals surface area contributed by atoms with E-state index in [9.17, 15) is 4.79 Å². The van der Waals surface area contributed by atoms with Crippen LogP contribution in [0.4, 0.5) is 10.3 Å². The number of carbonyl (C=O) groups excluding carboxylic acids is 1. The van der Waals surface area contributed by atoms with Crippen LogP contribution in [0.1, 0.15) is 11.1 Å². The molecule has 1 heterocycles. The van der Waals surface area contributed by atoms with E-state index in [1.165, 1.54) is 0 Å². The van der Waals surface area contributed by atoms with E-state index >= 15 is 0 Å². The summed E-state index contributed by atoms with van der Waals surface area (Å²) in [5.41, 5.74) is 7.53. The molecule has 0 aliphatic carbocycles. The number of amides is 1. The summed E-state index contributed by atoms with van der Waals surface area (Å²) in [4.78, 5) is 11.7. The molecule has 0 radical (unpaired) electrons. The molecule has 2 rings (SSSR count). The van der Waals surface area contributed by atoms with Gasteiger partial charge in [-0.25, -0.2) is 0 Å². The maximum absolute atomic E-state index is 11.7. The zero-order valence-electron chi connectivity index (χ0n) is 9.30. The first-order chi connectivity index (χ1) is 8.13. The normalized spacial score (nSPS) is 10.2. The molecule has 1 amide bonds. The zero-order chi connectivity index (χ0) is 12.3. The second-order valence-corrected chi connectivity index (χ2v) is 4.67. The van der Waals surface area contributed by atoms with E-state index in [0.717, 1.165) is 22.5 Å². The van der Waals surface area contributed by atoms with Gasteiger partial charge in [0.1, 0.15) is 0 Å². The Labute approximate surface area is 103 Å². The number of hydrogen-bond acceptors (Lipinski definition) is 5. The van der Waals surface area contributed by atoms with Crippen molar-refractivity contribution in [3.05, 3.63) is 35.4 Å². The monoisotopic (exact) mass is 248 g/mol. The van der Waals surface area contributed by atoms with Crippen LogP contribution in [0.2, 0.25) is 0 Å². The summed E-state index contributed by atoms with van der Waals surface area (Å²) in [6, 6.07) is 7.82. The summed E-state index contributed by atoms with van der Waals surface area (Å²) >= 11 is 1.15. The topological polar surface area (TPSA) is 80.9 Å². The third-order valence-electron chi connectivity index (χ3n) is 2.13. The van der Waals surface area contributed by atoms with Gasteiger partial charge in [0, 0.05) is 0 Å². The van der Waals surface area contributed by atoms with Crippen LogP contribution >= 0.6 is 11.3 Å². The molecular formula is C11H12N4OS. The maximum Gasteiger partial charge on any atom is 0.230 e. The van der Waals surface area contributed by atoms with E-state index in [0.29, 0.717) is 16.7 Å².